The topological polar surface area (TPSA) is 118 Å². The minimum Gasteiger partial charge on any atom is -0.492 e. The lowest BCUT2D eigenvalue weighted by molar-refractivity contribution is 0.0525. The van der Waals surface area contributed by atoms with E-state index in [-0.39, 0.29) is 22.9 Å². The first-order valence-corrected chi connectivity index (χ1v) is 12.1. The van der Waals surface area contributed by atoms with Gasteiger partial charge in [0.25, 0.3) is 5.91 Å². The van der Waals surface area contributed by atoms with E-state index in [0.717, 1.165) is 12.8 Å². The van der Waals surface area contributed by atoms with Gasteiger partial charge in [-0.2, -0.15) is 4.31 Å². The molecule has 0 radical (unpaired) electrons. The first-order chi connectivity index (χ1) is 15.2. The predicted octanol–water partition coefficient (Wildman–Crippen LogP) is 3.24. The molecule has 9 nitrogen and oxygen atoms in total. The molecule has 0 aliphatic carbocycles. The normalized spacial score (nSPS) is 14.4. The Balaban J connectivity index is 1.92. The van der Waals surface area contributed by atoms with E-state index in [0.29, 0.717) is 42.2 Å². The first-order valence-electron chi connectivity index (χ1n) is 10.6. The van der Waals surface area contributed by atoms with Gasteiger partial charge >= 0.3 is 5.97 Å². The number of H-pyrrole nitrogens is 1. The third-order valence-corrected chi connectivity index (χ3v) is 7.25. The molecule has 10 heteroatoms. The second kappa shape index (κ2) is 9.74. The summed E-state index contributed by atoms with van der Waals surface area (Å²) in [6.45, 7) is 8.29. The number of carbonyl (C=O) groups is 2. The zero-order valence-corrected chi connectivity index (χ0v) is 19.6. The van der Waals surface area contributed by atoms with Gasteiger partial charge in [-0.15, -0.1) is 0 Å². The molecular formula is C22H29N3O6S. The number of nitrogens with zero attached hydrogens (tertiary/aromatic N) is 1. The monoisotopic (exact) mass is 463 g/mol. The summed E-state index contributed by atoms with van der Waals surface area (Å²) in [5.41, 5.74) is 1.83. The number of benzene rings is 1. The van der Waals surface area contributed by atoms with Gasteiger partial charge in [0, 0.05) is 24.5 Å². The maximum Gasteiger partial charge on any atom is 0.340 e. The number of nitrogens with one attached hydrogen (secondary N) is 2. The van der Waals surface area contributed by atoms with E-state index >= 15 is 0 Å². The summed E-state index contributed by atoms with van der Waals surface area (Å²) in [7, 11) is -3.75. The number of anilines is 1. The van der Waals surface area contributed by atoms with Crippen LogP contribution >= 0.6 is 0 Å². The van der Waals surface area contributed by atoms with Crippen LogP contribution in [0.15, 0.2) is 23.1 Å². The summed E-state index contributed by atoms with van der Waals surface area (Å²) >= 11 is 0. The molecule has 1 fully saturated rings. The van der Waals surface area contributed by atoms with Crippen LogP contribution in [-0.2, 0) is 14.8 Å². The number of aromatic amines is 1. The Morgan fingerprint density at radius 3 is 2.44 bits per heavy atom. The van der Waals surface area contributed by atoms with Crippen molar-refractivity contribution in [1.82, 2.24) is 9.29 Å². The quantitative estimate of drug-likeness (QED) is 0.580. The van der Waals surface area contributed by atoms with Crippen LogP contribution in [0.3, 0.4) is 0 Å². The Hall–Kier alpha value is -2.85. The number of aryl methyl sites for hydroxylation is 1. The lowest BCUT2D eigenvalue weighted by atomic mass is 10.1. The van der Waals surface area contributed by atoms with E-state index in [2.05, 4.69) is 10.3 Å². The van der Waals surface area contributed by atoms with Crippen LogP contribution in [0.5, 0.6) is 5.75 Å². The zero-order chi connectivity index (χ0) is 23.5. The van der Waals surface area contributed by atoms with E-state index in [1.165, 1.54) is 10.4 Å². The first kappa shape index (κ1) is 23.8. The number of amides is 1. The van der Waals surface area contributed by atoms with Crippen molar-refractivity contribution in [2.45, 2.75) is 45.4 Å². The average Bonchev–Trinajstić information content (AvgIpc) is 3.38. The molecular weight excluding hydrogens is 434 g/mol. The fourth-order valence-corrected chi connectivity index (χ4v) is 5.48. The number of aromatic nitrogens is 1. The number of carbonyl (C=O) groups excluding carboxylic acids is 2. The van der Waals surface area contributed by atoms with E-state index in [9.17, 15) is 18.0 Å². The standard InChI is InChI=1S/C22H29N3O6S/c1-5-30-17-10-9-16(13-18(17)32(28,29)25-11-7-8-12-25)24-21(26)20-14(3)19(15(4)23-20)22(27)31-6-2/h9-10,13,23H,5-8,11-12H2,1-4H3,(H,24,26). The van der Waals surface area contributed by atoms with Crippen molar-refractivity contribution in [2.24, 2.45) is 0 Å². The summed E-state index contributed by atoms with van der Waals surface area (Å²) in [4.78, 5) is 28.1. The zero-order valence-electron chi connectivity index (χ0n) is 18.8. The molecule has 1 aromatic carbocycles. The average molecular weight is 464 g/mol. The van der Waals surface area contributed by atoms with Gasteiger partial charge in [0.1, 0.15) is 16.3 Å². The smallest absolute Gasteiger partial charge is 0.340 e. The molecule has 2 heterocycles. The van der Waals surface area contributed by atoms with E-state index in [1.54, 1.807) is 39.8 Å². The van der Waals surface area contributed by atoms with Crippen LogP contribution in [0.25, 0.3) is 0 Å². The van der Waals surface area contributed by atoms with Crippen LogP contribution < -0.4 is 10.1 Å². The number of sulfonamides is 1. The van der Waals surface area contributed by atoms with Crippen molar-refractivity contribution in [3.8, 4) is 5.75 Å². The SMILES string of the molecule is CCOC(=O)c1c(C)[nH]c(C(=O)Nc2ccc(OCC)c(S(=O)(=O)N3CCCC3)c2)c1C. The fourth-order valence-electron chi connectivity index (χ4n) is 3.81. The predicted molar refractivity (Wildman–Crippen MR) is 120 cm³/mol. The lowest BCUT2D eigenvalue weighted by Crippen LogP contribution is -2.28. The molecule has 1 aromatic heterocycles. The molecule has 0 bridgehead atoms. The highest BCUT2D eigenvalue weighted by Crippen LogP contribution is 2.32. The molecule has 2 aromatic rings. The van der Waals surface area contributed by atoms with E-state index in [1.807, 2.05) is 0 Å². The summed E-state index contributed by atoms with van der Waals surface area (Å²) in [5.74, 6) is -0.749. The van der Waals surface area contributed by atoms with E-state index in [4.69, 9.17) is 9.47 Å². The number of ether oxygens (including phenoxy) is 2. The van der Waals surface area contributed by atoms with Gasteiger partial charge < -0.3 is 19.8 Å². The molecule has 174 valence electrons. The minimum absolute atomic E-state index is 0.0191. The molecule has 0 unspecified atom stereocenters. The Morgan fingerprint density at radius 1 is 1.12 bits per heavy atom. The second-order valence-corrected chi connectivity index (χ2v) is 9.41. The molecule has 1 saturated heterocycles. The number of rotatable bonds is 8. The summed E-state index contributed by atoms with van der Waals surface area (Å²) in [6, 6.07) is 4.54. The van der Waals surface area contributed by atoms with Crippen LogP contribution in [0.2, 0.25) is 0 Å². The third kappa shape index (κ3) is 4.66. The van der Waals surface area contributed by atoms with Gasteiger partial charge in [-0.25, -0.2) is 13.2 Å². The van der Waals surface area contributed by atoms with Crippen LogP contribution in [-0.4, -0.2) is 55.9 Å². The minimum atomic E-state index is -3.75. The highest BCUT2D eigenvalue weighted by Gasteiger charge is 2.31. The van der Waals surface area contributed by atoms with Crippen molar-refractivity contribution in [2.75, 3.05) is 31.6 Å². The van der Waals surface area contributed by atoms with Gasteiger partial charge in [-0.3, -0.25) is 4.79 Å². The third-order valence-electron chi connectivity index (χ3n) is 5.33. The highest BCUT2D eigenvalue weighted by molar-refractivity contribution is 7.89. The van der Waals surface area contributed by atoms with E-state index < -0.39 is 21.9 Å². The number of esters is 1. The molecule has 0 atom stereocenters. The Kier molecular flexibility index (Phi) is 7.25. The molecule has 3 rings (SSSR count). The van der Waals surface area contributed by atoms with Crippen LogP contribution in [0, 0.1) is 13.8 Å². The summed E-state index contributed by atoms with van der Waals surface area (Å²) < 4.78 is 38.3. The second-order valence-electron chi connectivity index (χ2n) is 7.51. The highest BCUT2D eigenvalue weighted by atomic mass is 32.2. The molecule has 0 spiro atoms. The maximum absolute atomic E-state index is 13.2. The molecule has 2 N–H and O–H groups in total. The number of hydrogen-bond acceptors (Lipinski definition) is 6. The van der Waals surface area contributed by atoms with Gasteiger partial charge in [0.05, 0.1) is 18.8 Å². The molecule has 1 aliphatic rings. The molecule has 32 heavy (non-hydrogen) atoms. The van der Waals surface area contributed by atoms with Crippen molar-refractivity contribution in [3.63, 3.8) is 0 Å². The van der Waals surface area contributed by atoms with Gasteiger partial charge in [0.2, 0.25) is 10.0 Å². The van der Waals surface area contributed by atoms with Crippen molar-refractivity contribution < 1.29 is 27.5 Å². The Bertz CT molecular complexity index is 1120. The molecule has 0 saturated carbocycles. The van der Waals surface area contributed by atoms with Crippen molar-refractivity contribution >= 4 is 27.6 Å². The fraction of sp³-hybridized carbons (Fsp3) is 0.455. The van der Waals surface area contributed by atoms with Crippen LogP contribution in [0.1, 0.15) is 58.8 Å². The molecule has 1 aliphatic heterocycles. The Labute approximate surface area is 188 Å². The van der Waals surface area contributed by atoms with Crippen molar-refractivity contribution in [3.05, 3.63) is 40.7 Å². The lowest BCUT2D eigenvalue weighted by Gasteiger charge is -2.19. The molecule has 1 amide bonds. The Morgan fingerprint density at radius 2 is 1.81 bits per heavy atom. The maximum atomic E-state index is 13.2. The van der Waals surface area contributed by atoms with Crippen LogP contribution in [0.4, 0.5) is 5.69 Å². The summed E-state index contributed by atoms with van der Waals surface area (Å²) in [5, 5.41) is 2.72. The largest absolute Gasteiger partial charge is 0.492 e. The van der Waals surface area contributed by atoms with Gasteiger partial charge in [-0.1, -0.05) is 0 Å². The van der Waals surface area contributed by atoms with Crippen molar-refractivity contribution in [1.29, 1.82) is 0 Å². The summed E-state index contributed by atoms with van der Waals surface area (Å²) in [6.07, 6.45) is 1.63. The van der Waals surface area contributed by atoms with Gasteiger partial charge in [-0.05, 0) is 64.3 Å². The van der Waals surface area contributed by atoms with Gasteiger partial charge in [0.15, 0.2) is 0 Å². The number of hydrogen-bond donors (Lipinski definition) is 2.